The number of hydrogen-bond acceptors (Lipinski definition) is 2. The largest absolute Gasteiger partial charge is 0.476 e. The van der Waals surface area contributed by atoms with Crippen LogP contribution in [0.25, 0.3) is 0 Å². The number of aromatic amines is 1. The molecule has 5 nitrogen and oxygen atoms in total. The summed E-state index contributed by atoms with van der Waals surface area (Å²) < 4.78 is 1.96. The zero-order valence-corrected chi connectivity index (χ0v) is 10.1. The third-order valence-corrected chi connectivity index (χ3v) is 3.02. The highest BCUT2D eigenvalue weighted by atomic mass is 16.4. The highest BCUT2D eigenvalue weighted by Crippen LogP contribution is 2.30. The van der Waals surface area contributed by atoms with Crippen LogP contribution in [-0.2, 0) is 12.5 Å². The van der Waals surface area contributed by atoms with Crippen LogP contribution in [0.2, 0.25) is 0 Å². The number of carboxylic acids is 1. The lowest BCUT2D eigenvalue weighted by molar-refractivity contribution is 0.0690. The zero-order valence-electron chi connectivity index (χ0n) is 10.1. The molecule has 0 fully saturated rings. The molecule has 90 valence electrons. The van der Waals surface area contributed by atoms with Crippen molar-refractivity contribution in [3.63, 3.8) is 0 Å². The number of aromatic nitrogens is 3. The number of aromatic carboxylic acids is 1. The van der Waals surface area contributed by atoms with Gasteiger partial charge in [-0.1, -0.05) is 13.8 Å². The minimum Gasteiger partial charge on any atom is -0.476 e. The first-order chi connectivity index (χ1) is 7.91. The molecule has 17 heavy (non-hydrogen) atoms. The van der Waals surface area contributed by atoms with E-state index in [1.165, 1.54) is 0 Å². The van der Waals surface area contributed by atoms with Gasteiger partial charge < -0.3 is 9.67 Å². The number of H-pyrrole nitrogens is 1. The van der Waals surface area contributed by atoms with Gasteiger partial charge in [0.15, 0.2) is 5.69 Å². The van der Waals surface area contributed by atoms with Crippen LogP contribution in [0.4, 0.5) is 0 Å². The third kappa shape index (κ3) is 1.95. The van der Waals surface area contributed by atoms with Gasteiger partial charge in [0, 0.05) is 30.6 Å². The topological polar surface area (TPSA) is 70.9 Å². The monoisotopic (exact) mass is 233 g/mol. The van der Waals surface area contributed by atoms with Gasteiger partial charge in [-0.25, -0.2) is 4.79 Å². The molecular weight excluding hydrogens is 218 g/mol. The average Bonchev–Trinajstić information content (AvgIpc) is 2.85. The molecule has 0 amide bonds. The molecule has 0 saturated heterocycles. The van der Waals surface area contributed by atoms with Crippen molar-refractivity contribution in [1.82, 2.24) is 14.8 Å². The van der Waals surface area contributed by atoms with E-state index in [9.17, 15) is 4.79 Å². The first-order valence-corrected chi connectivity index (χ1v) is 5.33. The van der Waals surface area contributed by atoms with Crippen LogP contribution in [0.3, 0.4) is 0 Å². The standard InChI is InChI=1S/C12H15N3O2/c1-12(2,8-4-5-15(3)7-8)10-6-9(11(16)17)13-14-10/h4-7H,1-3H3,(H,13,14)(H,16,17). The summed E-state index contributed by atoms with van der Waals surface area (Å²) in [6.07, 6.45) is 3.98. The van der Waals surface area contributed by atoms with E-state index in [2.05, 4.69) is 10.2 Å². The molecule has 2 rings (SSSR count). The van der Waals surface area contributed by atoms with Gasteiger partial charge in [0.05, 0.1) is 0 Å². The molecule has 5 heteroatoms. The summed E-state index contributed by atoms with van der Waals surface area (Å²) in [4.78, 5) is 10.8. The van der Waals surface area contributed by atoms with Crippen LogP contribution in [-0.4, -0.2) is 25.8 Å². The van der Waals surface area contributed by atoms with E-state index in [1.54, 1.807) is 6.07 Å². The van der Waals surface area contributed by atoms with Gasteiger partial charge in [-0.3, -0.25) is 5.10 Å². The van der Waals surface area contributed by atoms with Gasteiger partial charge in [-0.15, -0.1) is 0 Å². The summed E-state index contributed by atoms with van der Waals surface area (Å²) in [7, 11) is 1.95. The van der Waals surface area contributed by atoms with Gasteiger partial charge in [0.2, 0.25) is 0 Å². The molecule has 2 N–H and O–H groups in total. The average molecular weight is 233 g/mol. The second-order valence-electron chi connectivity index (χ2n) is 4.66. The molecule has 0 aliphatic rings. The first-order valence-electron chi connectivity index (χ1n) is 5.33. The van der Waals surface area contributed by atoms with Crippen LogP contribution >= 0.6 is 0 Å². The summed E-state index contributed by atoms with van der Waals surface area (Å²) in [5.41, 5.74) is 1.66. The fourth-order valence-corrected chi connectivity index (χ4v) is 1.78. The predicted octanol–water partition coefficient (Wildman–Crippen LogP) is 1.77. The highest BCUT2D eigenvalue weighted by Gasteiger charge is 2.27. The summed E-state index contributed by atoms with van der Waals surface area (Å²) in [5.74, 6) is -1.02. The Balaban J connectivity index is 2.40. The van der Waals surface area contributed by atoms with Crippen molar-refractivity contribution in [2.45, 2.75) is 19.3 Å². The van der Waals surface area contributed by atoms with Crippen molar-refractivity contribution < 1.29 is 9.90 Å². The molecule has 0 spiro atoms. The van der Waals surface area contributed by atoms with E-state index >= 15 is 0 Å². The Morgan fingerprint density at radius 1 is 1.53 bits per heavy atom. The number of aryl methyl sites for hydroxylation is 1. The molecular formula is C12H15N3O2. The van der Waals surface area contributed by atoms with Crippen molar-refractivity contribution in [3.05, 3.63) is 41.5 Å². The van der Waals surface area contributed by atoms with Gasteiger partial charge in [0.25, 0.3) is 0 Å². The Bertz CT molecular complexity index is 552. The summed E-state index contributed by atoms with van der Waals surface area (Å²) >= 11 is 0. The number of rotatable bonds is 3. The number of carboxylic acid groups (broad SMARTS) is 1. The van der Waals surface area contributed by atoms with Gasteiger partial charge in [0.1, 0.15) is 0 Å². The molecule has 0 aromatic carbocycles. The normalized spacial score (nSPS) is 11.7. The Hall–Kier alpha value is -2.04. The van der Waals surface area contributed by atoms with Crippen molar-refractivity contribution >= 4 is 5.97 Å². The second-order valence-corrected chi connectivity index (χ2v) is 4.66. The molecule has 0 bridgehead atoms. The first kappa shape index (κ1) is 11.4. The van der Waals surface area contributed by atoms with E-state index in [4.69, 9.17) is 5.11 Å². The summed E-state index contributed by atoms with van der Waals surface area (Å²) in [6.45, 7) is 4.06. The van der Waals surface area contributed by atoms with Crippen LogP contribution in [0.15, 0.2) is 24.5 Å². The fourth-order valence-electron chi connectivity index (χ4n) is 1.78. The fraction of sp³-hybridized carbons (Fsp3) is 0.333. The number of nitrogens with zero attached hydrogens (tertiary/aromatic N) is 2. The lowest BCUT2D eigenvalue weighted by atomic mass is 9.83. The number of carbonyl (C=O) groups is 1. The van der Waals surface area contributed by atoms with Crippen LogP contribution in [0.5, 0.6) is 0 Å². The van der Waals surface area contributed by atoms with Crippen molar-refractivity contribution in [1.29, 1.82) is 0 Å². The minimum atomic E-state index is -1.02. The molecule has 0 aliphatic heterocycles. The third-order valence-electron chi connectivity index (χ3n) is 3.02. The molecule has 0 unspecified atom stereocenters. The second kappa shape index (κ2) is 3.76. The van der Waals surface area contributed by atoms with E-state index < -0.39 is 5.97 Å². The molecule has 0 radical (unpaired) electrons. The van der Waals surface area contributed by atoms with Gasteiger partial charge in [-0.05, 0) is 17.7 Å². The molecule has 2 aromatic rings. The van der Waals surface area contributed by atoms with Crippen molar-refractivity contribution in [3.8, 4) is 0 Å². The Labute approximate surface area is 99.1 Å². The van der Waals surface area contributed by atoms with E-state index in [1.807, 2.05) is 43.9 Å². The maximum atomic E-state index is 10.8. The Kier molecular flexibility index (Phi) is 2.53. The quantitative estimate of drug-likeness (QED) is 0.848. The SMILES string of the molecule is Cn1ccc(C(C)(C)c2cc(C(=O)O)n[nH]2)c1. The number of nitrogens with one attached hydrogen (secondary N) is 1. The van der Waals surface area contributed by atoms with Gasteiger partial charge >= 0.3 is 5.97 Å². The van der Waals surface area contributed by atoms with Crippen LogP contribution < -0.4 is 0 Å². The summed E-state index contributed by atoms with van der Waals surface area (Å²) in [5, 5.41) is 15.4. The molecule has 2 heterocycles. The molecule has 0 atom stereocenters. The van der Waals surface area contributed by atoms with E-state index in [0.29, 0.717) is 0 Å². The Morgan fingerprint density at radius 3 is 2.71 bits per heavy atom. The lowest BCUT2D eigenvalue weighted by Gasteiger charge is -2.21. The maximum absolute atomic E-state index is 10.8. The predicted molar refractivity (Wildman–Crippen MR) is 63.1 cm³/mol. The van der Waals surface area contributed by atoms with Crippen molar-refractivity contribution in [2.24, 2.45) is 7.05 Å². The maximum Gasteiger partial charge on any atom is 0.356 e. The molecule has 0 saturated carbocycles. The Morgan fingerprint density at radius 2 is 2.24 bits per heavy atom. The zero-order chi connectivity index (χ0) is 12.6. The van der Waals surface area contributed by atoms with E-state index in [-0.39, 0.29) is 11.1 Å². The van der Waals surface area contributed by atoms with Gasteiger partial charge in [-0.2, -0.15) is 5.10 Å². The lowest BCUT2D eigenvalue weighted by Crippen LogP contribution is -2.18. The number of hydrogen-bond donors (Lipinski definition) is 2. The smallest absolute Gasteiger partial charge is 0.356 e. The van der Waals surface area contributed by atoms with Crippen LogP contribution in [0, 0.1) is 0 Å². The van der Waals surface area contributed by atoms with Crippen LogP contribution in [0.1, 0.15) is 35.6 Å². The van der Waals surface area contributed by atoms with Crippen molar-refractivity contribution in [2.75, 3.05) is 0 Å². The minimum absolute atomic E-state index is 0.0454. The highest BCUT2D eigenvalue weighted by molar-refractivity contribution is 5.85. The molecule has 2 aromatic heterocycles. The molecule has 0 aliphatic carbocycles. The van der Waals surface area contributed by atoms with E-state index in [0.717, 1.165) is 11.3 Å². The summed E-state index contributed by atoms with van der Waals surface area (Å²) in [6, 6.07) is 3.59.